The van der Waals surface area contributed by atoms with Crippen LogP contribution >= 0.6 is 0 Å². The lowest BCUT2D eigenvalue weighted by molar-refractivity contribution is 0.0526. The summed E-state index contributed by atoms with van der Waals surface area (Å²) in [7, 11) is 3.23. The van der Waals surface area contributed by atoms with Crippen molar-refractivity contribution in [2.75, 3.05) is 27.4 Å². The molecule has 0 aliphatic heterocycles. The first-order valence-corrected chi connectivity index (χ1v) is 10.3. The van der Waals surface area contributed by atoms with Gasteiger partial charge in [-0.05, 0) is 48.4 Å². The van der Waals surface area contributed by atoms with Gasteiger partial charge in [0.25, 0.3) is 0 Å². The number of nitrogens with zero attached hydrogens (tertiary/aromatic N) is 2. The summed E-state index contributed by atoms with van der Waals surface area (Å²) >= 11 is 0. The number of hydrogen-bond donors (Lipinski definition) is 0. The SMILES string of the molecule is CCOC(=O)c1ccc(/C=C(\COCc2ccc(OC)cc2)Cn2ccnc2)c(OC)c1. The number of methoxy groups -OCH3 is 2. The van der Waals surface area contributed by atoms with Crippen LogP contribution in [0.15, 0.2) is 66.8 Å². The lowest BCUT2D eigenvalue weighted by Gasteiger charge is -2.13. The maximum Gasteiger partial charge on any atom is 0.338 e. The largest absolute Gasteiger partial charge is 0.497 e. The van der Waals surface area contributed by atoms with E-state index >= 15 is 0 Å². The second kappa shape index (κ2) is 11.7. The lowest BCUT2D eigenvalue weighted by atomic mass is 10.1. The van der Waals surface area contributed by atoms with Crippen LogP contribution in [0.3, 0.4) is 0 Å². The van der Waals surface area contributed by atoms with E-state index in [9.17, 15) is 4.79 Å². The fraction of sp³-hybridized carbons (Fsp3) is 0.280. The van der Waals surface area contributed by atoms with E-state index in [4.69, 9.17) is 18.9 Å². The second-order valence-electron chi connectivity index (χ2n) is 7.06. The van der Waals surface area contributed by atoms with E-state index in [-0.39, 0.29) is 5.97 Å². The summed E-state index contributed by atoms with van der Waals surface area (Å²) in [4.78, 5) is 16.2. The fourth-order valence-corrected chi connectivity index (χ4v) is 3.16. The number of imidazole rings is 1. The fourth-order valence-electron chi connectivity index (χ4n) is 3.16. The van der Waals surface area contributed by atoms with Crippen molar-refractivity contribution in [2.24, 2.45) is 0 Å². The first-order valence-electron chi connectivity index (χ1n) is 10.3. The average Bonchev–Trinajstić information content (AvgIpc) is 3.33. The van der Waals surface area contributed by atoms with E-state index in [0.29, 0.717) is 37.7 Å². The number of rotatable bonds is 11. The molecule has 0 aliphatic carbocycles. The highest BCUT2D eigenvalue weighted by Crippen LogP contribution is 2.24. The maximum atomic E-state index is 12.0. The summed E-state index contributed by atoms with van der Waals surface area (Å²) in [5, 5.41) is 0. The number of esters is 1. The Kier molecular flexibility index (Phi) is 8.45. The molecule has 1 aromatic heterocycles. The highest BCUT2D eigenvalue weighted by molar-refractivity contribution is 5.90. The molecule has 0 amide bonds. The molecule has 0 aliphatic rings. The number of ether oxygens (including phenoxy) is 4. The molecule has 0 bridgehead atoms. The Bertz CT molecular complexity index is 1030. The third kappa shape index (κ3) is 6.46. The highest BCUT2D eigenvalue weighted by Gasteiger charge is 2.11. The Morgan fingerprint density at radius 2 is 1.91 bits per heavy atom. The van der Waals surface area contributed by atoms with Crippen molar-refractivity contribution in [3.05, 3.63) is 83.4 Å². The van der Waals surface area contributed by atoms with Gasteiger partial charge in [-0.1, -0.05) is 18.2 Å². The van der Waals surface area contributed by atoms with Gasteiger partial charge in [-0.3, -0.25) is 0 Å². The Labute approximate surface area is 188 Å². The highest BCUT2D eigenvalue weighted by atomic mass is 16.5. The minimum Gasteiger partial charge on any atom is -0.497 e. The predicted molar refractivity (Wildman–Crippen MR) is 122 cm³/mol. The van der Waals surface area contributed by atoms with Crippen LogP contribution in [0.25, 0.3) is 6.08 Å². The summed E-state index contributed by atoms with van der Waals surface area (Å²) in [6.45, 7) is 3.62. The van der Waals surface area contributed by atoms with Gasteiger partial charge in [0.15, 0.2) is 0 Å². The molecule has 2 aromatic carbocycles. The van der Waals surface area contributed by atoms with E-state index in [1.165, 1.54) is 0 Å². The van der Waals surface area contributed by atoms with Gasteiger partial charge in [0.05, 0.1) is 45.9 Å². The molecular weight excluding hydrogens is 408 g/mol. The van der Waals surface area contributed by atoms with Crippen molar-refractivity contribution >= 4 is 12.0 Å². The molecule has 7 nitrogen and oxygen atoms in total. The third-order valence-electron chi connectivity index (χ3n) is 4.76. The van der Waals surface area contributed by atoms with Crippen molar-refractivity contribution < 1.29 is 23.7 Å². The van der Waals surface area contributed by atoms with E-state index in [2.05, 4.69) is 4.98 Å². The number of carbonyl (C=O) groups excluding carboxylic acids is 1. The van der Waals surface area contributed by atoms with Gasteiger partial charge < -0.3 is 23.5 Å². The van der Waals surface area contributed by atoms with Crippen LogP contribution in [-0.4, -0.2) is 43.0 Å². The summed E-state index contributed by atoms with van der Waals surface area (Å²) in [5.41, 5.74) is 3.39. The molecule has 1 heterocycles. The van der Waals surface area contributed by atoms with Crippen LogP contribution in [0, 0.1) is 0 Å². The van der Waals surface area contributed by atoms with E-state index in [1.54, 1.807) is 45.8 Å². The van der Waals surface area contributed by atoms with Gasteiger partial charge in [0.1, 0.15) is 11.5 Å². The van der Waals surface area contributed by atoms with Gasteiger partial charge in [0.2, 0.25) is 0 Å². The number of benzene rings is 2. The molecule has 0 saturated carbocycles. The topological polar surface area (TPSA) is 71.8 Å². The minimum absolute atomic E-state index is 0.323. The standard InChI is InChI=1S/C25H28N2O5/c1-4-32-25(28)22-8-7-21(24(14-22)30-3)13-20(15-27-12-11-26-18-27)17-31-16-19-5-9-23(29-2)10-6-19/h5-14,18H,4,15-17H2,1-3H3/b20-13-. The van der Waals surface area contributed by atoms with Crippen molar-refractivity contribution in [1.29, 1.82) is 0 Å². The van der Waals surface area contributed by atoms with Gasteiger partial charge in [-0.15, -0.1) is 0 Å². The number of aromatic nitrogens is 2. The molecule has 0 atom stereocenters. The maximum absolute atomic E-state index is 12.0. The molecular formula is C25H28N2O5. The quantitative estimate of drug-likeness (QED) is 0.416. The van der Waals surface area contributed by atoms with E-state index < -0.39 is 0 Å². The molecule has 32 heavy (non-hydrogen) atoms. The first-order chi connectivity index (χ1) is 15.6. The van der Waals surface area contributed by atoms with Gasteiger partial charge in [-0.2, -0.15) is 0 Å². The van der Waals surface area contributed by atoms with E-state index in [0.717, 1.165) is 22.4 Å². The molecule has 0 unspecified atom stereocenters. The zero-order valence-electron chi connectivity index (χ0n) is 18.6. The van der Waals surface area contributed by atoms with Gasteiger partial charge in [0, 0.05) is 24.5 Å². The average molecular weight is 437 g/mol. The summed E-state index contributed by atoms with van der Waals surface area (Å²) in [5.74, 6) is 1.03. The molecule has 0 saturated heterocycles. The van der Waals surface area contributed by atoms with Crippen molar-refractivity contribution in [1.82, 2.24) is 9.55 Å². The minimum atomic E-state index is -0.372. The monoisotopic (exact) mass is 436 g/mol. The van der Waals surface area contributed by atoms with Crippen molar-refractivity contribution in [3.8, 4) is 11.5 Å². The Morgan fingerprint density at radius 3 is 2.56 bits per heavy atom. The second-order valence-corrected chi connectivity index (χ2v) is 7.06. The predicted octanol–water partition coefficient (Wildman–Crippen LogP) is 4.38. The molecule has 168 valence electrons. The van der Waals surface area contributed by atoms with Crippen molar-refractivity contribution in [2.45, 2.75) is 20.1 Å². The Morgan fingerprint density at radius 1 is 1.09 bits per heavy atom. The summed E-state index contributed by atoms with van der Waals surface area (Å²) in [6, 6.07) is 13.1. The van der Waals surface area contributed by atoms with Crippen LogP contribution in [0.2, 0.25) is 0 Å². The number of hydrogen-bond acceptors (Lipinski definition) is 6. The van der Waals surface area contributed by atoms with Gasteiger partial charge >= 0.3 is 5.97 Å². The van der Waals surface area contributed by atoms with Crippen LogP contribution in [0.1, 0.15) is 28.4 Å². The molecule has 0 fully saturated rings. The molecule has 0 radical (unpaired) electrons. The molecule has 7 heteroatoms. The molecule has 3 aromatic rings. The smallest absolute Gasteiger partial charge is 0.338 e. The third-order valence-corrected chi connectivity index (χ3v) is 4.76. The van der Waals surface area contributed by atoms with Crippen LogP contribution < -0.4 is 9.47 Å². The van der Waals surface area contributed by atoms with E-state index in [1.807, 2.05) is 47.2 Å². The van der Waals surface area contributed by atoms with Gasteiger partial charge in [-0.25, -0.2) is 9.78 Å². The summed E-state index contributed by atoms with van der Waals surface area (Å²) < 4.78 is 23.8. The van der Waals surface area contributed by atoms with Crippen LogP contribution in [-0.2, 0) is 22.6 Å². The zero-order valence-corrected chi connectivity index (χ0v) is 18.6. The molecule has 0 spiro atoms. The molecule has 3 rings (SSSR count). The Balaban J connectivity index is 1.77. The lowest BCUT2D eigenvalue weighted by Crippen LogP contribution is -2.07. The van der Waals surface area contributed by atoms with Crippen LogP contribution in [0.5, 0.6) is 11.5 Å². The number of carbonyl (C=O) groups is 1. The Hall–Kier alpha value is -3.58. The molecule has 0 N–H and O–H groups in total. The summed E-state index contributed by atoms with van der Waals surface area (Å²) in [6.07, 6.45) is 7.42. The first kappa shape index (κ1) is 23.1. The van der Waals surface area contributed by atoms with Crippen LogP contribution in [0.4, 0.5) is 0 Å². The van der Waals surface area contributed by atoms with Crippen molar-refractivity contribution in [3.63, 3.8) is 0 Å². The zero-order chi connectivity index (χ0) is 22.8. The normalized spacial score (nSPS) is 11.3.